The molecule has 2 aromatic rings. The molecule has 23 heavy (non-hydrogen) atoms. The maximum atomic E-state index is 12.4. The van der Waals surface area contributed by atoms with Crippen LogP contribution < -0.4 is 4.90 Å². The molecule has 0 N–H and O–H groups in total. The molecule has 0 heterocycles. The van der Waals surface area contributed by atoms with E-state index in [0.717, 1.165) is 10.6 Å². The Morgan fingerprint density at radius 1 is 1.13 bits per heavy atom. The Bertz CT molecular complexity index is 675. The van der Waals surface area contributed by atoms with Gasteiger partial charge in [-0.3, -0.25) is 9.69 Å². The second-order valence-electron chi connectivity index (χ2n) is 5.49. The van der Waals surface area contributed by atoms with Gasteiger partial charge in [-0.2, -0.15) is 5.26 Å². The van der Waals surface area contributed by atoms with E-state index in [9.17, 15) is 4.79 Å². The van der Waals surface area contributed by atoms with Crippen molar-refractivity contribution in [1.29, 1.82) is 5.26 Å². The number of nitriles is 1. The molecule has 118 valence electrons. The molecule has 0 saturated heterocycles. The second kappa shape index (κ2) is 8.40. The molecule has 0 atom stereocenters. The minimum atomic E-state index is -0.0595. The minimum Gasteiger partial charge on any atom is -0.298 e. The van der Waals surface area contributed by atoms with Crippen LogP contribution in [0.15, 0.2) is 59.5 Å². The summed E-state index contributed by atoms with van der Waals surface area (Å²) in [5.74, 6) is 0.757. The summed E-state index contributed by atoms with van der Waals surface area (Å²) in [6.07, 6.45) is 0. The van der Waals surface area contributed by atoms with Crippen LogP contribution >= 0.6 is 11.8 Å². The van der Waals surface area contributed by atoms with Crippen molar-refractivity contribution in [3.8, 4) is 6.07 Å². The van der Waals surface area contributed by atoms with Gasteiger partial charge in [0.05, 0.1) is 11.8 Å². The van der Waals surface area contributed by atoms with E-state index in [1.165, 1.54) is 22.2 Å². The minimum absolute atomic E-state index is 0.0595. The molecule has 0 aliphatic carbocycles. The summed E-state index contributed by atoms with van der Waals surface area (Å²) in [6.45, 7) is 4.38. The summed E-state index contributed by atoms with van der Waals surface area (Å²) in [4.78, 5) is 15.0. The highest BCUT2D eigenvalue weighted by Crippen LogP contribution is 2.23. The number of nitrogens with zero attached hydrogens (tertiary/aromatic N) is 2. The highest BCUT2D eigenvalue weighted by Gasteiger charge is 2.15. The Morgan fingerprint density at radius 2 is 1.78 bits per heavy atom. The number of thioether (sulfide) groups is 1. The van der Waals surface area contributed by atoms with Crippen LogP contribution in [0.5, 0.6) is 0 Å². The van der Waals surface area contributed by atoms with Crippen LogP contribution in [0, 0.1) is 11.3 Å². The first-order chi connectivity index (χ1) is 11.1. The van der Waals surface area contributed by atoms with E-state index in [4.69, 9.17) is 5.26 Å². The molecule has 1 amide bonds. The van der Waals surface area contributed by atoms with Crippen molar-refractivity contribution in [1.82, 2.24) is 0 Å². The van der Waals surface area contributed by atoms with E-state index >= 15 is 0 Å². The highest BCUT2D eigenvalue weighted by molar-refractivity contribution is 8.00. The van der Waals surface area contributed by atoms with E-state index < -0.39 is 0 Å². The first kappa shape index (κ1) is 17.1. The third-order valence-electron chi connectivity index (χ3n) is 3.51. The fourth-order valence-corrected chi connectivity index (χ4v) is 2.95. The quantitative estimate of drug-likeness (QED) is 0.582. The number of amides is 1. The average Bonchev–Trinajstić information content (AvgIpc) is 2.58. The van der Waals surface area contributed by atoms with Crippen LogP contribution in [0.3, 0.4) is 0 Å². The van der Waals surface area contributed by atoms with Crippen molar-refractivity contribution in [3.05, 3.63) is 60.2 Å². The Balaban J connectivity index is 2.00. The SMILES string of the molecule is CC(C)c1ccc(SCC(=O)N(CC#N)c2ccccc2)cc1. The number of hydrogen-bond acceptors (Lipinski definition) is 3. The third kappa shape index (κ3) is 4.87. The van der Waals surface area contributed by atoms with Crippen molar-refractivity contribution in [2.45, 2.75) is 24.7 Å². The summed E-state index contributed by atoms with van der Waals surface area (Å²) < 4.78 is 0. The fraction of sp³-hybridized carbons (Fsp3) is 0.263. The number of carbonyl (C=O) groups is 1. The smallest absolute Gasteiger partial charge is 0.238 e. The lowest BCUT2D eigenvalue weighted by molar-refractivity contribution is -0.116. The zero-order valence-corrected chi connectivity index (χ0v) is 14.2. The Labute approximate surface area is 141 Å². The lowest BCUT2D eigenvalue weighted by Gasteiger charge is -2.19. The number of carbonyl (C=O) groups excluding carboxylic acids is 1. The Morgan fingerprint density at radius 3 is 2.35 bits per heavy atom. The molecule has 0 aliphatic rings. The summed E-state index contributed by atoms with van der Waals surface area (Å²) in [7, 11) is 0. The maximum Gasteiger partial charge on any atom is 0.238 e. The van der Waals surface area contributed by atoms with Gasteiger partial charge < -0.3 is 0 Å². The van der Waals surface area contributed by atoms with Crippen molar-refractivity contribution < 1.29 is 4.79 Å². The van der Waals surface area contributed by atoms with Crippen molar-refractivity contribution in [3.63, 3.8) is 0 Å². The van der Waals surface area contributed by atoms with E-state index in [-0.39, 0.29) is 12.5 Å². The standard InChI is InChI=1S/C19H20N2OS/c1-15(2)16-8-10-18(11-9-16)23-14-19(22)21(13-12-20)17-6-4-3-5-7-17/h3-11,15H,13-14H2,1-2H3. The van der Waals surface area contributed by atoms with Gasteiger partial charge >= 0.3 is 0 Å². The lowest BCUT2D eigenvalue weighted by Crippen LogP contribution is -2.32. The van der Waals surface area contributed by atoms with E-state index in [2.05, 4.69) is 32.0 Å². The third-order valence-corrected chi connectivity index (χ3v) is 4.50. The number of anilines is 1. The molecule has 0 unspecified atom stereocenters. The van der Waals surface area contributed by atoms with Gasteiger partial charge in [0.1, 0.15) is 6.54 Å². The van der Waals surface area contributed by atoms with Gasteiger partial charge in [0.25, 0.3) is 0 Å². The summed E-state index contributed by atoms with van der Waals surface area (Å²) in [5.41, 5.74) is 2.05. The van der Waals surface area contributed by atoms with Crippen molar-refractivity contribution in [2.75, 3.05) is 17.2 Å². The van der Waals surface area contributed by atoms with Crippen LogP contribution in [0.2, 0.25) is 0 Å². The number of para-hydroxylation sites is 1. The van der Waals surface area contributed by atoms with Crippen molar-refractivity contribution in [2.24, 2.45) is 0 Å². The van der Waals surface area contributed by atoms with Crippen LogP contribution in [0.4, 0.5) is 5.69 Å². The summed E-state index contributed by atoms with van der Waals surface area (Å²) in [6, 6.07) is 19.7. The van der Waals surface area contributed by atoms with Gasteiger partial charge in [-0.1, -0.05) is 44.2 Å². The van der Waals surface area contributed by atoms with E-state index in [0.29, 0.717) is 11.7 Å². The van der Waals surface area contributed by atoms with Gasteiger partial charge in [-0.15, -0.1) is 11.8 Å². The van der Waals surface area contributed by atoms with Crippen LogP contribution in [0.25, 0.3) is 0 Å². The normalized spacial score (nSPS) is 10.3. The maximum absolute atomic E-state index is 12.4. The predicted molar refractivity (Wildman–Crippen MR) is 95.7 cm³/mol. The molecule has 0 radical (unpaired) electrons. The second-order valence-corrected chi connectivity index (χ2v) is 6.53. The lowest BCUT2D eigenvalue weighted by atomic mass is 10.0. The summed E-state index contributed by atoms with van der Waals surface area (Å²) >= 11 is 1.50. The molecule has 0 aliphatic heterocycles. The topological polar surface area (TPSA) is 44.1 Å². The Kier molecular flexibility index (Phi) is 6.25. The molecule has 0 fully saturated rings. The largest absolute Gasteiger partial charge is 0.298 e. The number of benzene rings is 2. The first-order valence-corrected chi connectivity index (χ1v) is 8.55. The average molecular weight is 324 g/mol. The van der Waals surface area contributed by atoms with Crippen LogP contribution in [-0.4, -0.2) is 18.2 Å². The predicted octanol–water partition coefficient (Wildman–Crippen LogP) is 4.46. The van der Waals surface area contributed by atoms with Gasteiger partial charge in [-0.05, 0) is 35.7 Å². The molecular formula is C19H20N2OS. The van der Waals surface area contributed by atoms with E-state index in [1.807, 2.05) is 42.5 Å². The van der Waals surface area contributed by atoms with Gasteiger partial charge in [0, 0.05) is 10.6 Å². The van der Waals surface area contributed by atoms with Crippen LogP contribution in [-0.2, 0) is 4.79 Å². The van der Waals surface area contributed by atoms with Gasteiger partial charge in [0.2, 0.25) is 5.91 Å². The molecule has 0 saturated carbocycles. The first-order valence-electron chi connectivity index (χ1n) is 7.57. The number of rotatable bonds is 6. The van der Waals surface area contributed by atoms with Crippen molar-refractivity contribution >= 4 is 23.4 Å². The molecule has 2 aromatic carbocycles. The highest BCUT2D eigenvalue weighted by atomic mass is 32.2. The molecule has 4 heteroatoms. The van der Waals surface area contributed by atoms with Gasteiger partial charge in [-0.25, -0.2) is 0 Å². The monoisotopic (exact) mass is 324 g/mol. The molecule has 0 spiro atoms. The zero-order valence-electron chi connectivity index (χ0n) is 13.4. The zero-order chi connectivity index (χ0) is 16.7. The molecule has 2 rings (SSSR count). The van der Waals surface area contributed by atoms with Gasteiger partial charge in [0.15, 0.2) is 0 Å². The molecule has 0 aromatic heterocycles. The molecular weight excluding hydrogens is 304 g/mol. The summed E-state index contributed by atoms with van der Waals surface area (Å²) in [5, 5.41) is 8.96. The molecule has 0 bridgehead atoms. The fourth-order valence-electron chi connectivity index (χ4n) is 2.17. The van der Waals surface area contributed by atoms with E-state index in [1.54, 1.807) is 0 Å². The Hall–Kier alpha value is -2.25. The molecule has 3 nitrogen and oxygen atoms in total. The van der Waals surface area contributed by atoms with Crippen LogP contribution in [0.1, 0.15) is 25.3 Å². The number of hydrogen-bond donors (Lipinski definition) is 0.